The van der Waals surface area contributed by atoms with Crippen LogP contribution in [0.1, 0.15) is 24.2 Å². The van der Waals surface area contributed by atoms with Gasteiger partial charge in [0.05, 0.1) is 18.3 Å². The van der Waals surface area contributed by atoms with Gasteiger partial charge < -0.3 is 15.2 Å². The molecule has 1 saturated carbocycles. The Labute approximate surface area is 223 Å². The number of aromatic nitrogens is 5. The first kappa shape index (κ1) is 26.5. The molecule has 0 unspecified atom stereocenters. The molecule has 0 spiro atoms. The molecule has 16 heteroatoms. The highest BCUT2D eigenvalue weighted by Gasteiger charge is 2.66. The Balaban J connectivity index is 1.20. The number of alkyl halides is 3. The van der Waals surface area contributed by atoms with Crippen LogP contribution in [0.4, 0.5) is 35.0 Å². The molecule has 1 amide bonds. The summed E-state index contributed by atoms with van der Waals surface area (Å²) in [4.78, 5) is 20.9. The van der Waals surface area contributed by atoms with Gasteiger partial charge in [0.1, 0.15) is 34.8 Å². The van der Waals surface area contributed by atoms with Crippen molar-refractivity contribution in [3.05, 3.63) is 66.2 Å². The molecule has 9 nitrogen and oxygen atoms in total. The third kappa shape index (κ3) is 5.54. The van der Waals surface area contributed by atoms with Gasteiger partial charge in [-0.25, -0.2) is 14.4 Å². The van der Waals surface area contributed by atoms with Gasteiger partial charge in [-0.1, -0.05) is 17.3 Å². The van der Waals surface area contributed by atoms with Crippen molar-refractivity contribution in [2.45, 2.75) is 36.1 Å². The number of nitrogens with zero attached hydrogens (tertiary/aromatic N) is 5. The highest BCUT2D eigenvalue weighted by molar-refractivity contribution is 6.56. The zero-order chi connectivity index (χ0) is 28.0. The van der Waals surface area contributed by atoms with Crippen molar-refractivity contribution in [1.29, 1.82) is 0 Å². The van der Waals surface area contributed by atoms with Gasteiger partial charge in [0.2, 0.25) is 11.9 Å². The SMILES string of the molecule is BC(B)(B)n1cc(Nc2ncc(-c3ccc(CC(=O)Nc4cc(C5(C(F)(F)F)CC5)on4)c(F)c3)cn2)cn1. The van der Waals surface area contributed by atoms with Crippen molar-refractivity contribution in [1.82, 2.24) is 24.9 Å². The zero-order valence-electron chi connectivity index (χ0n) is 21.3. The lowest BCUT2D eigenvalue weighted by Gasteiger charge is -2.18. The Morgan fingerprint density at radius 3 is 2.38 bits per heavy atom. The van der Waals surface area contributed by atoms with E-state index in [9.17, 15) is 22.4 Å². The molecule has 0 aliphatic heterocycles. The number of carbonyl (C=O) groups is 1. The summed E-state index contributed by atoms with van der Waals surface area (Å²) in [5.41, 5.74) is -0.149. The van der Waals surface area contributed by atoms with E-state index in [1.54, 1.807) is 24.7 Å². The molecule has 0 radical (unpaired) electrons. The third-order valence-corrected chi connectivity index (χ3v) is 6.46. The molecule has 3 heterocycles. The topological polar surface area (TPSA) is 111 Å². The fraction of sp³-hybridized carbons (Fsp3) is 0.261. The second kappa shape index (κ2) is 9.58. The summed E-state index contributed by atoms with van der Waals surface area (Å²) in [7, 11) is 6.09. The second-order valence-corrected chi connectivity index (χ2v) is 10.5. The lowest BCUT2D eigenvalue weighted by molar-refractivity contribution is -0.165. The van der Waals surface area contributed by atoms with Crippen LogP contribution in [0.15, 0.2) is 53.6 Å². The number of carbonyl (C=O) groups excluding carboxylic acids is 1. The first-order chi connectivity index (χ1) is 18.3. The largest absolute Gasteiger partial charge is 0.401 e. The Kier molecular flexibility index (Phi) is 6.51. The van der Waals surface area contributed by atoms with Crippen LogP contribution in [-0.2, 0) is 21.9 Å². The fourth-order valence-electron chi connectivity index (χ4n) is 4.01. The highest BCUT2D eigenvalue weighted by atomic mass is 19.4. The Bertz CT molecular complexity index is 1510. The minimum absolute atomic E-state index is 0.0932. The number of halogens is 4. The van der Waals surface area contributed by atoms with E-state index in [0.29, 0.717) is 17.1 Å². The van der Waals surface area contributed by atoms with E-state index in [4.69, 9.17) is 4.52 Å². The Morgan fingerprint density at radius 2 is 1.79 bits per heavy atom. The Hall–Kier alpha value is -4.10. The van der Waals surface area contributed by atoms with Crippen molar-refractivity contribution in [2.75, 3.05) is 10.6 Å². The van der Waals surface area contributed by atoms with E-state index in [2.05, 4.69) is 30.9 Å². The lowest BCUT2D eigenvalue weighted by Crippen LogP contribution is -2.35. The first-order valence-corrected chi connectivity index (χ1v) is 12.1. The van der Waals surface area contributed by atoms with Gasteiger partial charge in [-0.15, -0.1) is 0 Å². The number of anilines is 3. The van der Waals surface area contributed by atoms with Crippen LogP contribution < -0.4 is 10.6 Å². The number of amides is 1. The molecule has 1 aliphatic carbocycles. The number of nitrogens with one attached hydrogen (secondary N) is 2. The minimum atomic E-state index is -4.46. The van der Waals surface area contributed by atoms with Gasteiger partial charge >= 0.3 is 6.18 Å². The molecular formula is C23H22B3F4N7O2. The maximum Gasteiger partial charge on any atom is 0.401 e. The number of benzene rings is 1. The quantitative estimate of drug-likeness (QED) is 0.259. The molecule has 1 aliphatic rings. The van der Waals surface area contributed by atoms with E-state index < -0.39 is 23.3 Å². The minimum Gasteiger partial charge on any atom is -0.358 e. The van der Waals surface area contributed by atoms with E-state index in [-0.39, 0.29) is 41.6 Å². The maximum atomic E-state index is 14.8. The molecule has 2 N–H and O–H groups in total. The number of rotatable bonds is 8. The van der Waals surface area contributed by atoms with Gasteiger partial charge in [-0.05, 0) is 35.3 Å². The molecule has 1 fully saturated rings. The van der Waals surface area contributed by atoms with Crippen LogP contribution in [0.2, 0.25) is 0 Å². The fourth-order valence-corrected chi connectivity index (χ4v) is 4.01. The average molecular weight is 537 g/mol. The van der Waals surface area contributed by atoms with Crippen molar-refractivity contribution in [3.63, 3.8) is 0 Å². The monoisotopic (exact) mass is 537 g/mol. The van der Waals surface area contributed by atoms with E-state index >= 15 is 0 Å². The van der Waals surface area contributed by atoms with Crippen LogP contribution in [0.25, 0.3) is 11.1 Å². The molecule has 0 atom stereocenters. The van der Waals surface area contributed by atoms with Crippen LogP contribution in [-0.4, -0.2) is 60.5 Å². The molecule has 5 rings (SSSR count). The molecule has 3 aromatic heterocycles. The molecule has 0 bridgehead atoms. The standard InChI is InChI=1S/C23H22B3F4N7O2/c24-23(25,26)37-11-15(10-33-37)34-20-31-8-14(9-32-20)12-1-2-13(16(27)5-12)6-19(38)35-18-7-17(39-36-18)21(3-4-21)22(28,29)30/h1-2,5,7-11H,3-4,6,24-26H2,(H,31,32,34)(H,35,36,38). The number of hydrogen-bond acceptors (Lipinski definition) is 7. The predicted octanol–water partition coefficient (Wildman–Crippen LogP) is 1.45. The van der Waals surface area contributed by atoms with Crippen molar-refractivity contribution in [3.8, 4) is 11.1 Å². The van der Waals surface area contributed by atoms with Gasteiger partial charge in [-0.3, -0.25) is 9.48 Å². The number of hydrogen-bond donors (Lipinski definition) is 2. The van der Waals surface area contributed by atoms with Crippen molar-refractivity contribution < 1.29 is 26.9 Å². The zero-order valence-corrected chi connectivity index (χ0v) is 21.3. The normalized spacial score (nSPS) is 14.7. The van der Waals surface area contributed by atoms with E-state index in [1.165, 1.54) is 12.1 Å². The van der Waals surface area contributed by atoms with Gasteiger partial charge in [0.25, 0.3) is 0 Å². The van der Waals surface area contributed by atoms with Crippen LogP contribution in [0, 0.1) is 5.82 Å². The van der Waals surface area contributed by atoms with Crippen molar-refractivity contribution >= 4 is 46.9 Å². The summed E-state index contributed by atoms with van der Waals surface area (Å²) >= 11 is 0. The van der Waals surface area contributed by atoms with Gasteiger partial charge in [0.15, 0.2) is 11.6 Å². The summed E-state index contributed by atoms with van der Waals surface area (Å²) in [5.74, 6) is -1.43. The van der Waals surface area contributed by atoms with Crippen LogP contribution >= 0.6 is 0 Å². The van der Waals surface area contributed by atoms with Crippen LogP contribution in [0.5, 0.6) is 0 Å². The lowest BCUT2D eigenvalue weighted by atomic mass is 9.49. The molecule has 4 aromatic rings. The third-order valence-electron chi connectivity index (χ3n) is 6.46. The summed E-state index contributed by atoms with van der Waals surface area (Å²) in [6.07, 6.45) is 1.60. The Morgan fingerprint density at radius 1 is 1.08 bits per heavy atom. The molecule has 1 aromatic carbocycles. The summed E-state index contributed by atoms with van der Waals surface area (Å²) < 4.78 is 61.2. The first-order valence-electron chi connectivity index (χ1n) is 12.1. The summed E-state index contributed by atoms with van der Waals surface area (Å²) in [6, 6.07) is 5.40. The van der Waals surface area contributed by atoms with E-state index in [0.717, 1.165) is 11.8 Å². The average Bonchev–Trinajstić information content (AvgIpc) is 3.33. The molecular weight excluding hydrogens is 515 g/mol. The summed E-state index contributed by atoms with van der Waals surface area (Å²) in [5, 5.41) is 13.1. The van der Waals surface area contributed by atoms with Gasteiger partial charge in [0, 0.05) is 30.2 Å². The highest BCUT2D eigenvalue weighted by Crippen LogP contribution is 2.59. The molecule has 39 heavy (non-hydrogen) atoms. The van der Waals surface area contributed by atoms with Crippen LogP contribution in [0.3, 0.4) is 0 Å². The van der Waals surface area contributed by atoms with E-state index in [1.807, 2.05) is 34.4 Å². The second-order valence-electron chi connectivity index (χ2n) is 10.5. The molecule has 198 valence electrons. The molecule has 0 saturated heterocycles. The van der Waals surface area contributed by atoms with Gasteiger partial charge in [-0.2, -0.15) is 18.3 Å². The predicted molar refractivity (Wildman–Crippen MR) is 142 cm³/mol. The smallest absolute Gasteiger partial charge is 0.358 e. The van der Waals surface area contributed by atoms with Crippen molar-refractivity contribution in [2.24, 2.45) is 0 Å². The summed E-state index contributed by atoms with van der Waals surface area (Å²) in [6.45, 7) is 0. The maximum absolute atomic E-state index is 14.8.